The number of hydrogen-bond donors (Lipinski definition) is 5. The Balaban J connectivity index is 1.94. The molecule has 2 aromatic rings. The first-order valence-corrected chi connectivity index (χ1v) is 10.6. The van der Waals surface area contributed by atoms with Gasteiger partial charge in [0.1, 0.15) is 17.9 Å². The summed E-state index contributed by atoms with van der Waals surface area (Å²) in [5, 5.41) is 35.5. The molecule has 8 heteroatoms. The van der Waals surface area contributed by atoms with Crippen molar-refractivity contribution in [2.45, 2.75) is 44.2 Å². The third-order valence-corrected chi connectivity index (χ3v) is 6.44. The van der Waals surface area contributed by atoms with E-state index in [0.29, 0.717) is 5.56 Å². The fourth-order valence-corrected chi connectivity index (χ4v) is 4.35. The first kappa shape index (κ1) is 24.0. The maximum absolute atomic E-state index is 13.3. The standard InChI is InChI=1S/C25H28N2O6/c1-4-24(2,3)25(16-11-8-12-18(28)20(16)27-23(25)33)14-17(22(31)32)26-21(30)19(29)13-15-9-6-5-7-10-15/h4-12,17,19,28-29H,1,13-14H2,2-3H3,(H,26,30)(H,27,33)(H,31,32)/t17?,19-,25+/m0/s1. The zero-order chi connectivity index (χ0) is 24.4. The molecule has 0 saturated carbocycles. The lowest BCUT2D eigenvalue weighted by molar-refractivity contribution is -0.145. The molecular formula is C25H28N2O6. The van der Waals surface area contributed by atoms with Crippen LogP contribution in [0, 0.1) is 5.41 Å². The number of aliphatic hydroxyl groups is 1. The Labute approximate surface area is 192 Å². The fourth-order valence-electron chi connectivity index (χ4n) is 4.35. The highest BCUT2D eigenvalue weighted by atomic mass is 16.4. The van der Waals surface area contributed by atoms with E-state index in [2.05, 4.69) is 17.2 Å². The molecule has 0 aromatic heterocycles. The van der Waals surface area contributed by atoms with Crippen molar-refractivity contribution in [3.8, 4) is 5.75 Å². The highest BCUT2D eigenvalue weighted by Gasteiger charge is 2.57. The predicted molar refractivity (Wildman–Crippen MR) is 123 cm³/mol. The van der Waals surface area contributed by atoms with Crippen molar-refractivity contribution in [1.82, 2.24) is 5.32 Å². The molecule has 8 nitrogen and oxygen atoms in total. The monoisotopic (exact) mass is 452 g/mol. The fraction of sp³-hybridized carbons (Fsp3) is 0.320. The van der Waals surface area contributed by atoms with E-state index in [4.69, 9.17) is 0 Å². The van der Waals surface area contributed by atoms with Gasteiger partial charge in [0.25, 0.3) is 0 Å². The summed E-state index contributed by atoms with van der Waals surface area (Å²) in [4.78, 5) is 38.1. The second-order valence-corrected chi connectivity index (χ2v) is 8.79. The average molecular weight is 453 g/mol. The van der Waals surface area contributed by atoms with E-state index in [1.165, 1.54) is 6.07 Å². The molecule has 0 saturated heterocycles. The van der Waals surface area contributed by atoms with Crippen LogP contribution in [-0.4, -0.2) is 45.2 Å². The van der Waals surface area contributed by atoms with E-state index in [-0.39, 0.29) is 24.3 Å². The Kier molecular flexibility index (Phi) is 6.60. The molecule has 174 valence electrons. The van der Waals surface area contributed by atoms with E-state index in [0.717, 1.165) is 5.56 Å². The molecule has 0 fully saturated rings. The predicted octanol–water partition coefficient (Wildman–Crippen LogP) is 2.36. The molecule has 33 heavy (non-hydrogen) atoms. The minimum atomic E-state index is -1.49. The maximum atomic E-state index is 13.3. The topological polar surface area (TPSA) is 136 Å². The molecule has 0 bridgehead atoms. The zero-order valence-electron chi connectivity index (χ0n) is 18.5. The molecule has 5 N–H and O–H groups in total. The smallest absolute Gasteiger partial charge is 0.326 e. The number of rotatable bonds is 9. The summed E-state index contributed by atoms with van der Waals surface area (Å²) in [6, 6.07) is 12.0. The van der Waals surface area contributed by atoms with Gasteiger partial charge < -0.3 is 26.0 Å². The first-order valence-electron chi connectivity index (χ1n) is 10.6. The number of phenolic OH excluding ortho intramolecular Hbond substituents is 1. The number of carboxylic acids is 1. The number of carbonyl (C=O) groups is 3. The second kappa shape index (κ2) is 9.07. The van der Waals surface area contributed by atoms with Crippen LogP contribution >= 0.6 is 0 Å². The molecule has 1 aliphatic heterocycles. The van der Waals surface area contributed by atoms with Crippen molar-refractivity contribution >= 4 is 23.5 Å². The van der Waals surface area contributed by atoms with Gasteiger partial charge in [-0.1, -0.05) is 62.4 Å². The van der Waals surface area contributed by atoms with E-state index in [1.807, 2.05) is 0 Å². The number of para-hydroxylation sites is 1. The number of phenols is 1. The number of benzene rings is 2. The van der Waals surface area contributed by atoms with Gasteiger partial charge in [-0.25, -0.2) is 4.79 Å². The van der Waals surface area contributed by atoms with Crippen molar-refractivity contribution in [3.05, 3.63) is 72.3 Å². The van der Waals surface area contributed by atoms with E-state index in [9.17, 15) is 29.7 Å². The summed E-state index contributed by atoms with van der Waals surface area (Å²) in [5.74, 6) is -2.85. The van der Waals surface area contributed by atoms with E-state index >= 15 is 0 Å². The lowest BCUT2D eigenvalue weighted by atomic mass is 9.59. The number of allylic oxidation sites excluding steroid dienone is 1. The Morgan fingerprint density at radius 1 is 1.18 bits per heavy atom. The molecule has 1 aliphatic rings. The van der Waals surface area contributed by atoms with Crippen LogP contribution in [0.25, 0.3) is 0 Å². The van der Waals surface area contributed by atoms with Crippen molar-refractivity contribution in [2.24, 2.45) is 5.41 Å². The Morgan fingerprint density at radius 2 is 1.85 bits per heavy atom. The minimum absolute atomic E-state index is 0.0134. The third kappa shape index (κ3) is 4.34. The van der Waals surface area contributed by atoms with Crippen LogP contribution < -0.4 is 10.6 Å². The summed E-state index contributed by atoms with van der Waals surface area (Å²) in [6.45, 7) is 7.30. The van der Waals surface area contributed by atoms with Gasteiger partial charge in [-0.3, -0.25) is 9.59 Å². The van der Waals surface area contributed by atoms with Gasteiger partial charge in [0.15, 0.2) is 0 Å². The number of hydrogen-bond acceptors (Lipinski definition) is 5. The number of aliphatic carboxylic acids is 1. The molecule has 3 rings (SSSR count). The van der Waals surface area contributed by atoms with Gasteiger partial charge in [-0.05, 0) is 23.6 Å². The van der Waals surface area contributed by atoms with Crippen molar-refractivity contribution in [3.63, 3.8) is 0 Å². The molecule has 3 atom stereocenters. The van der Waals surface area contributed by atoms with Crippen LogP contribution in [0.2, 0.25) is 0 Å². The summed E-state index contributed by atoms with van der Waals surface area (Å²) < 4.78 is 0. The number of carbonyl (C=O) groups excluding carboxylic acids is 2. The molecule has 0 radical (unpaired) electrons. The summed E-state index contributed by atoms with van der Waals surface area (Å²) in [5.41, 5.74) is -1.05. The van der Waals surface area contributed by atoms with E-state index in [1.54, 1.807) is 62.4 Å². The molecular weight excluding hydrogens is 424 g/mol. The average Bonchev–Trinajstić information content (AvgIpc) is 3.07. The van der Waals surface area contributed by atoms with Crippen LogP contribution in [0.4, 0.5) is 5.69 Å². The quantitative estimate of drug-likeness (QED) is 0.293. The molecule has 0 aliphatic carbocycles. The molecule has 2 amide bonds. The molecule has 1 unspecified atom stereocenters. The van der Waals surface area contributed by atoms with Gasteiger partial charge >= 0.3 is 5.97 Å². The summed E-state index contributed by atoms with van der Waals surface area (Å²) in [6.07, 6.45) is -0.213. The number of carboxylic acid groups (broad SMARTS) is 1. The zero-order valence-corrected chi connectivity index (χ0v) is 18.5. The Morgan fingerprint density at radius 3 is 2.45 bits per heavy atom. The molecule has 2 aromatic carbocycles. The third-order valence-electron chi connectivity index (χ3n) is 6.44. The maximum Gasteiger partial charge on any atom is 0.326 e. The lowest BCUT2D eigenvalue weighted by Crippen LogP contribution is -2.55. The van der Waals surface area contributed by atoms with Crippen LogP contribution in [0.1, 0.15) is 31.4 Å². The van der Waals surface area contributed by atoms with Crippen LogP contribution in [0.5, 0.6) is 5.75 Å². The number of amides is 2. The van der Waals surface area contributed by atoms with Crippen molar-refractivity contribution < 1.29 is 29.7 Å². The summed E-state index contributed by atoms with van der Waals surface area (Å²) in [7, 11) is 0. The normalized spacial score (nSPS) is 19.2. The Hall–Kier alpha value is -3.65. The van der Waals surface area contributed by atoms with Crippen molar-refractivity contribution in [1.29, 1.82) is 0 Å². The highest BCUT2D eigenvalue weighted by Crippen LogP contribution is 2.54. The van der Waals surface area contributed by atoms with Crippen LogP contribution in [0.3, 0.4) is 0 Å². The SMILES string of the molecule is C=CC(C)(C)[C@@]1(CC(NC(=O)[C@@H](O)Cc2ccccc2)C(=O)O)C(=O)Nc2c(O)cccc21. The number of aromatic hydroxyl groups is 1. The number of anilines is 1. The minimum Gasteiger partial charge on any atom is -0.506 e. The van der Waals surface area contributed by atoms with Crippen LogP contribution in [0.15, 0.2) is 61.2 Å². The van der Waals surface area contributed by atoms with Gasteiger partial charge in [0.05, 0.1) is 11.1 Å². The first-order chi connectivity index (χ1) is 15.5. The Bertz CT molecular complexity index is 1080. The van der Waals surface area contributed by atoms with Crippen molar-refractivity contribution in [2.75, 3.05) is 5.32 Å². The highest BCUT2D eigenvalue weighted by molar-refractivity contribution is 6.09. The second-order valence-electron chi connectivity index (χ2n) is 8.79. The number of fused-ring (bicyclic) bond motifs is 1. The molecule has 1 heterocycles. The van der Waals surface area contributed by atoms with Gasteiger partial charge in [0, 0.05) is 11.8 Å². The number of aliphatic hydroxyl groups excluding tert-OH is 1. The molecule has 0 spiro atoms. The van der Waals surface area contributed by atoms with Gasteiger partial charge in [-0.2, -0.15) is 0 Å². The van der Waals surface area contributed by atoms with Gasteiger partial charge in [0.2, 0.25) is 11.8 Å². The largest absolute Gasteiger partial charge is 0.506 e. The lowest BCUT2D eigenvalue weighted by Gasteiger charge is -2.42. The van der Waals surface area contributed by atoms with E-state index < -0.39 is 40.8 Å². The number of nitrogens with one attached hydrogen (secondary N) is 2. The summed E-state index contributed by atoms with van der Waals surface area (Å²) >= 11 is 0. The van der Waals surface area contributed by atoms with Gasteiger partial charge in [-0.15, -0.1) is 6.58 Å². The van der Waals surface area contributed by atoms with Crippen LogP contribution in [-0.2, 0) is 26.2 Å².